The molecule has 2 aromatic carbocycles. The molecule has 0 amide bonds. The van der Waals surface area contributed by atoms with Crippen LogP contribution in [0.5, 0.6) is 5.75 Å². The molecule has 130 valence electrons. The zero-order valence-electron chi connectivity index (χ0n) is 14.0. The van der Waals surface area contributed by atoms with Crippen LogP contribution in [0.4, 0.5) is 0 Å². The van der Waals surface area contributed by atoms with Gasteiger partial charge in [0.15, 0.2) is 0 Å². The Morgan fingerprint density at radius 3 is 2.38 bits per heavy atom. The maximum absolute atomic E-state index is 12.9. The Kier molecular flexibility index (Phi) is 6.43. The molecule has 0 radical (unpaired) electrons. The molecule has 1 atom stereocenters. The minimum Gasteiger partial charge on any atom is -0.495 e. The van der Waals surface area contributed by atoms with Crippen LogP contribution in [0.2, 0.25) is 0 Å². The summed E-state index contributed by atoms with van der Waals surface area (Å²) in [5.74, 6) is 0.671. The Labute approximate surface area is 152 Å². The lowest BCUT2D eigenvalue weighted by molar-refractivity contribution is 0.401. The van der Waals surface area contributed by atoms with E-state index in [0.29, 0.717) is 22.6 Å². The second-order valence-corrected chi connectivity index (χ2v) is 8.61. The first-order valence-electron chi connectivity index (χ1n) is 7.74. The van der Waals surface area contributed by atoms with Gasteiger partial charge in [0.05, 0.1) is 7.11 Å². The summed E-state index contributed by atoms with van der Waals surface area (Å²) in [5.41, 5.74) is 0.948. The van der Waals surface area contributed by atoms with Crippen LogP contribution < -0.4 is 9.46 Å². The predicted octanol–water partition coefficient (Wildman–Crippen LogP) is 4.52. The summed E-state index contributed by atoms with van der Waals surface area (Å²) < 4.78 is 34.6. The molecule has 0 aliphatic carbocycles. The number of sulfonamides is 1. The van der Waals surface area contributed by atoms with Crippen LogP contribution in [-0.4, -0.2) is 15.5 Å². The molecule has 6 heteroatoms. The Bertz CT molecular complexity index is 776. The topological polar surface area (TPSA) is 55.4 Å². The Morgan fingerprint density at radius 1 is 1.12 bits per heavy atom. The van der Waals surface area contributed by atoms with Gasteiger partial charge in [0.1, 0.15) is 10.6 Å². The van der Waals surface area contributed by atoms with Gasteiger partial charge in [-0.1, -0.05) is 60.1 Å². The Morgan fingerprint density at radius 2 is 1.79 bits per heavy atom. The number of ether oxygens (including phenoxy) is 1. The number of hydrogen-bond acceptors (Lipinski definition) is 3. The summed E-state index contributed by atoms with van der Waals surface area (Å²) in [6, 6.07) is 14.3. The minimum absolute atomic E-state index is 0.129. The van der Waals surface area contributed by atoms with Gasteiger partial charge in [-0.25, -0.2) is 13.1 Å². The monoisotopic (exact) mass is 411 g/mol. The van der Waals surface area contributed by atoms with E-state index in [0.717, 1.165) is 5.56 Å². The fraction of sp³-hybridized carbons (Fsp3) is 0.333. The average molecular weight is 412 g/mol. The van der Waals surface area contributed by atoms with E-state index in [9.17, 15) is 8.42 Å². The highest BCUT2D eigenvalue weighted by atomic mass is 79.9. The van der Waals surface area contributed by atoms with Crippen LogP contribution in [0.3, 0.4) is 0 Å². The van der Waals surface area contributed by atoms with Gasteiger partial charge in [-0.05, 0) is 36.1 Å². The molecule has 4 nitrogen and oxygen atoms in total. The van der Waals surface area contributed by atoms with Gasteiger partial charge >= 0.3 is 0 Å². The molecule has 0 heterocycles. The highest BCUT2D eigenvalue weighted by Gasteiger charge is 2.25. The van der Waals surface area contributed by atoms with Crippen molar-refractivity contribution in [2.45, 2.75) is 31.2 Å². The van der Waals surface area contributed by atoms with Crippen molar-refractivity contribution in [3.8, 4) is 5.75 Å². The molecule has 0 fully saturated rings. The molecule has 0 spiro atoms. The third kappa shape index (κ3) is 4.82. The van der Waals surface area contributed by atoms with Crippen molar-refractivity contribution < 1.29 is 13.2 Å². The molecule has 0 saturated heterocycles. The number of rotatable bonds is 7. The van der Waals surface area contributed by atoms with Crippen LogP contribution in [0, 0.1) is 5.92 Å². The van der Waals surface area contributed by atoms with Crippen LogP contribution in [0.25, 0.3) is 0 Å². The highest BCUT2D eigenvalue weighted by molar-refractivity contribution is 9.10. The van der Waals surface area contributed by atoms with Crippen molar-refractivity contribution in [3.63, 3.8) is 0 Å². The molecule has 2 aromatic rings. The largest absolute Gasteiger partial charge is 0.495 e. The highest BCUT2D eigenvalue weighted by Crippen LogP contribution is 2.30. The van der Waals surface area contributed by atoms with Crippen LogP contribution in [-0.2, 0) is 10.0 Å². The van der Waals surface area contributed by atoms with Gasteiger partial charge in [-0.3, -0.25) is 0 Å². The van der Waals surface area contributed by atoms with Gasteiger partial charge < -0.3 is 4.74 Å². The second-order valence-electron chi connectivity index (χ2n) is 6.01. The zero-order chi connectivity index (χ0) is 17.7. The molecule has 0 aliphatic heterocycles. The third-order valence-corrected chi connectivity index (χ3v) is 5.61. The summed E-state index contributed by atoms with van der Waals surface area (Å²) in [6.07, 6.45) is 0.708. The van der Waals surface area contributed by atoms with E-state index < -0.39 is 10.0 Å². The minimum atomic E-state index is -3.72. The van der Waals surface area contributed by atoms with Crippen molar-refractivity contribution in [3.05, 3.63) is 58.6 Å². The van der Waals surface area contributed by atoms with Crippen molar-refractivity contribution in [2.24, 2.45) is 5.92 Å². The molecule has 1 N–H and O–H groups in total. The molecule has 0 aliphatic rings. The van der Waals surface area contributed by atoms with Crippen molar-refractivity contribution >= 4 is 26.0 Å². The first kappa shape index (κ1) is 19.0. The summed E-state index contributed by atoms with van der Waals surface area (Å²) in [7, 11) is -2.26. The fourth-order valence-corrected chi connectivity index (χ4v) is 4.47. The van der Waals surface area contributed by atoms with E-state index in [2.05, 4.69) is 34.5 Å². The van der Waals surface area contributed by atoms with Gasteiger partial charge in [0.25, 0.3) is 0 Å². The normalized spacial score (nSPS) is 13.0. The third-order valence-electron chi connectivity index (χ3n) is 3.62. The van der Waals surface area contributed by atoms with Crippen LogP contribution >= 0.6 is 15.9 Å². The molecule has 24 heavy (non-hydrogen) atoms. The number of benzene rings is 2. The molecule has 0 saturated carbocycles. The van der Waals surface area contributed by atoms with Crippen LogP contribution in [0.15, 0.2) is 57.9 Å². The van der Waals surface area contributed by atoms with E-state index in [1.54, 1.807) is 18.2 Å². The second kappa shape index (κ2) is 8.14. The molecular weight excluding hydrogens is 390 g/mol. The van der Waals surface area contributed by atoms with E-state index in [-0.39, 0.29) is 10.9 Å². The first-order chi connectivity index (χ1) is 11.3. The van der Waals surface area contributed by atoms with Crippen LogP contribution in [0.1, 0.15) is 31.9 Å². The average Bonchev–Trinajstić information content (AvgIpc) is 2.54. The van der Waals surface area contributed by atoms with Gasteiger partial charge in [-0.2, -0.15) is 0 Å². The fourth-order valence-electron chi connectivity index (χ4n) is 2.52. The van der Waals surface area contributed by atoms with Crippen molar-refractivity contribution in [2.75, 3.05) is 7.11 Å². The van der Waals surface area contributed by atoms with E-state index >= 15 is 0 Å². The molecular formula is C18H22BrNO3S. The maximum Gasteiger partial charge on any atom is 0.244 e. The zero-order valence-corrected chi connectivity index (χ0v) is 16.4. The van der Waals surface area contributed by atoms with Gasteiger partial charge in [-0.15, -0.1) is 0 Å². The smallest absolute Gasteiger partial charge is 0.244 e. The lowest BCUT2D eigenvalue weighted by atomic mass is 9.98. The summed E-state index contributed by atoms with van der Waals surface area (Å²) >= 11 is 3.32. The lowest BCUT2D eigenvalue weighted by Gasteiger charge is -2.22. The maximum atomic E-state index is 12.9. The Balaban J connectivity index is 2.39. The summed E-state index contributed by atoms with van der Waals surface area (Å²) in [5, 5.41) is 0. The summed E-state index contributed by atoms with van der Waals surface area (Å²) in [4.78, 5) is 0.129. The number of nitrogens with one attached hydrogen (secondary N) is 1. The van der Waals surface area contributed by atoms with Gasteiger partial charge in [0, 0.05) is 10.5 Å². The molecule has 0 bridgehead atoms. The standard InChI is InChI=1S/C18H22BrNO3S/c1-13(2)11-16(14-7-5-4-6-8-14)20-24(21,22)18-12-15(19)9-10-17(18)23-3/h4-10,12-13,16,20H,11H2,1-3H3. The number of hydrogen-bond donors (Lipinski definition) is 1. The quantitative estimate of drug-likeness (QED) is 0.728. The molecule has 0 aromatic heterocycles. The van der Waals surface area contributed by atoms with Crippen molar-refractivity contribution in [1.29, 1.82) is 0 Å². The SMILES string of the molecule is COc1ccc(Br)cc1S(=O)(=O)NC(CC(C)C)c1ccccc1. The first-order valence-corrected chi connectivity index (χ1v) is 10.0. The molecule has 2 rings (SSSR count). The van der Waals surface area contributed by atoms with E-state index in [1.807, 2.05) is 30.3 Å². The van der Waals surface area contributed by atoms with E-state index in [4.69, 9.17) is 4.74 Å². The number of methoxy groups -OCH3 is 1. The van der Waals surface area contributed by atoms with Crippen molar-refractivity contribution in [1.82, 2.24) is 4.72 Å². The number of halogens is 1. The van der Waals surface area contributed by atoms with Gasteiger partial charge in [0.2, 0.25) is 10.0 Å². The molecule has 1 unspecified atom stereocenters. The summed E-state index contributed by atoms with van der Waals surface area (Å²) in [6.45, 7) is 4.15. The van der Waals surface area contributed by atoms with E-state index in [1.165, 1.54) is 7.11 Å². The lowest BCUT2D eigenvalue weighted by Crippen LogP contribution is -2.30. The predicted molar refractivity (Wildman–Crippen MR) is 99.7 cm³/mol. The Hall–Kier alpha value is -1.37.